The maximum Gasteiger partial charge on any atom is 0.264 e. The Morgan fingerprint density at radius 2 is 1.77 bits per heavy atom. The number of likely N-dealkylation sites (N-methyl/N-ethyl adjacent to an activating group) is 1. The van der Waals surface area contributed by atoms with E-state index in [0.29, 0.717) is 34.0 Å². The number of amides is 2. The van der Waals surface area contributed by atoms with Crippen molar-refractivity contribution in [3.05, 3.63) is 83.9 Å². The topological polar surface area (TPSA) is 75.7 Å². The number of thioether (sulfide) groups is 1. The van der Waals surface area contributed by atoms with Crippen LogP contribution in [0.15, 0.2) is 77.7 Å². The Hall–Kier alpha value is -3.58. The summed E-state index contributed by atoms with van der Waals surface area (Å²) in [7, 11) is 1.69. The number of benzene rings is 3. The molecule has 1 aliphatic rings. The molecule has 1 heterocycles. The molecule has 0 saturated carbocycles. The molecule has 0 atom stereocenters. The largest absolute Gasteiger partial charge is 0.481 e. The highest BCUT2D eigenvalue weighted by atomic mass is 32.2. The van der Waals surface area contributed by atoms with Crippen molar-refractivity contribution in [1.29, 1.82) is 0 Å². The van der Waals surface area contributed by atoms with Crippen LogP contribution in [-0.4, -0.2) is 37.0 Å². The van der Waals surface area contributed by atoms with Crippen LogP contribution in [0.1, 0.15) is 20.7 Å². The number of nitrogens with one attached hydrogen (secondary N) is 1. The molecule has 0 aliphatic carbocycles. The van der Waals surface area contributed by atoms with E-state index in [9.17, 15) is 14.4 Å². The fraction of sp³-hybridized carbons (Fsp3) is 0.125. The highest BCUT2D eigenvalue weighted by molar-refractivity contribution is 8.00. The molecule has 2 amide bonds. The number of hydrogen-bond donors (Lipinski definition) is 1. The molecule has 0 fully saturated rings. The molecule has 0 radical (unpaired) electrons. The number of hydrogen-bond acceptors (Lipinski definition) is 5. The van der Waals surface area contributed by atoms with Gasteiger partial charge in [0.1, 0.15) is 5.75 Å². The zero-order valence-electron chi connectivity index (χ0n) is 16.8. The number of carbonyl (C=O) groups is 3. The van der Waals surface area contributed by atoms with Gasteiger partial charge in [-0.15, -0.1) is 11.8 Å². The fourth-order valence-electron chi connectivity index (χ4n) is 3.14. The van der Waals surface area contributed by atoms with E-state index in [4.69, 9.17) is 4.74 Å². The lowest BCUT2D eigenvalue weighted by Crippen LogP contribution is -2.35. The molecule has 0 bridgehead atoms. The number of ketones is 1. The first-order chi connectivity index (χ1) is 15.0. The maximum atomic E-state index is 12.7. The van der Waals surface area contributed by atoms with Gasteiger partial charge in [-0.1, -0.05) is 36.4 Å². The number of carbonyl (C=O) groups excluding carboxylic acids is 3. The number of ether oxygens (including phenoxy) is 1. The van der Waals surface area contributed by atoms with Crippen molar-refractivity contribution >= 4 is 40.7 Å². The van der Waals surface area contributed by atoms with Gasteiger partial charge in [-0.25, -0.2) is 0 Å². The third-order valence-electron chi connectivity index (χ3n) is 4.87. The molecule has 3 aromatic rings. The Morgan fingerprint density at radius 1 is 1.00 bits per heavy atom. The van der Waals surface area contributed by atoms with Gasteiger partial charge in [0.25, 0.3) is 11.8 Å². The van der Waals surface area contributed by atoms with Crippen LogP contribution in [-0.2, 0) is 4.79 Å². The normalized spacial score (nSPS) is 12.7. The van der Waals surface area contributed by atoms with Crippen molar-refractivity contribution < 1.29 is 19.1 Å². The van der Waals surface area contributed by atoms with Crippen molar-refractivity contribution in [1.82, 2.24) is 0 Å². The minimum atomic E-state index is -0.267. The standard InChI is InChI=1S/C24H20N2O4S/c1-26-20-11-10-18(13-22(20)30-14-23(26)28)25-24(29)17-8-5-9-19(12-17)31-15-21(27)16-6-3-2-4-7-16/h2-13H,14-15H2,1H3,(H,25,29). The number of rotatable bonds is 6. The molecule has 3 aromatic carbocycles. The van der Waals surface area contributed by atoms with Gasteiger partial charge in [0, 0.05) is 34.8 Å². The van der Waals surface area contributed by atoms with E-state index in [2.05, 4.69) is 5.32 Å². The molecule has 0 aromatic heterocycles. The summed E-state index contributed by atoms with van der Waals surface area (Å²) in [6.07, 6.45) is 0. The van der Waals surface area contributed by atoms with Gasteiger partial charge in [-0.3, -0.25) is 14.4 Å². The summed E-state index contributed by atoms with van der Waals surface area (Å²) in [5.74, 6) is 0.492. The molecule has 7 heteroatoms. The van der Waals surface area contributed by atoms with Gasteiger partial charge >= 0.3 is 0 Å². The molecule has 31 heavy (non-hydrogen) atoms. The Balaban J connectivity index is 1.41. The Labute approximate surface area is 184 Å². The van der Waals surface area contributed by atoms with Crippen LogP contribution in [0.4, 0.5) is 11.4 Å². The lowest BCUT2D eigenvalue weighted by molar-refractivity contribution is -0.120. The summed E-state index contributed by atoms with van der Waals surface area (Å²) in [4.78, 5) is 39.1. The van der Waals surface area contributed by atoms with E-state index in [1.165, 1.54) is 16.7 Å². The first-order valence-electron chi connectivity index (χ1n) is 9.67. The Bertz CT molecular complexity index is 1150. The third-order valence-corrected chi connectivity index (χ3v) is 5.86. The molecule has 0 spiro atoms. The summed E-state index contributed by atoms with van der Waals surface area (Å²) in [6.45, 7) is -0.0259. The number of anilines is 2. The molecule has 6 nitrogen and oxygen atoms in total. The minimum Gasteiger partial charge on any atom is -0.481 e. The average Bonchev–Trinajstić information content (AvgIpc) is 2.80. The first-order valence-corrected chi connectivity index (χ1v) is 10.7. The van der Waals surface area contributed by atoms with Crippen LogP contribution >= 0.6 is 11.8 Å². The van der Waals surface area contributed by atoms with Crippen molar-refractivity contribution in [3.8, 4) is 5.75 Å². The average molecular weight is 433 g/mol. The number of fused-ring (bicyclic) bond motifs is 1. The van der Waals surface area contributed by atoms with Crippen molar-refractivity contribution in [2.24, 2.45) is 0 Å². The number of Topliss-reactive ketones (excluding diaryl/α,β-unsaturated/α-hetero) is 1. The van der Waals surface area contributed by atoms with Gasteiger partial charge in [0.15, 0.2) is 12.4 Å². The first kappa shape index (κ1) is 20.7. The molecule has 4 rings (SSSR count). The van der Waals surface area contributed by atoms with Crippen molar-refractivity contribution in [2.45, 2.75) is 4.90 Å². The molecule has 0 unspecified atom stereocenters. The minimum absolute atomic E-state index is 0.0259. The second-order valence-corrected chi connectivity index (χ2v) is 8.03. The van der Waals surface area contributed by atoms with E-state index >= 15 is 0 Å². The number of nitrogens with zero attached hydrogens (tertiary/aromatic N) is 1. The van der Waals surface area contributed by atoms with Gasteiger partial charge in [0.05, 0.1) is 11.4 Å². The van der Waals surface area contributed by atoms with E-state index in [0.717, 1.165) is 4.90 Å². The predicted octanol–water partition coefficient (Wildman–Crippen LogP) is 4.27. The molecule has 1 N–H and O–H groups in total. The second-order valence-electron chi connectivity index (χ2n) is 6.98. The van der Waals surface area contributed by atoms with Crippen LogP contribution in [0.25, 0.3) is 0 Å². The van der Waals surface area contributed by atoms with Crippen LogP contribution in [0.3, 0.4) is 0 Å². The SMILES string of the molecule is CN1C(=O)COc2cc(NC(=O)c3cccc(SCC(=O)c4ccccc4)c3)ccc21. The van der Waals surface area contributed by atoms with Crippen LogP contribution < -0.4 is 15.0 Å². The van der Waals surface area contributed by atoms with Gasteiger partial charge in [0.2, 0.25) is 0 Å². The molecular weight excluding hydrogens is 412 g/mol. The van der Waals surface area contributed by atoms with E-state index in [-0.39, 0.29) is 24.2 Å². The quantitative estimate of drug-likeness (QED) is 0.465. The van der Waals surface area contributed by atoms with E-state index in [1.807, 2.05) is 24.3 Å². The molecule has 156 valence electrons. The van der Waals surface area contributed by atoms with Crippen molar-refractivity contribution in [2.75, 3.05) is 29.6 Å². The maximum absolute atomic E-state index is 12.7. The summed E-state index contributed by atoms with van der Waals surface area (Å²) >= 11 is 1.39. The predicted molar refractivity (Wildman–Crippen MR) is 121 cm³/mol. The van der Waals surface area contributed by atoms with E-state index < -0.39 is 0 Å². The van der Waals surface area contributed by atoms with Gasteiger partial charge in [-0.2, -0.15) is 0 Å². The summed E-state index contributed by atoms with van der Waals surface area (Å²) < 4.78 is 5.47. The Morgan fingerprint density at radius 3 is 2.58 bits per heavy atom. The second kappa shape index (κ2) is 9.06. The smallest absolute Gasteiger partial charge is 0.264 e. The Kier molecular flexibility index (Phi) is 6.04. The van der Waals surface area contributed by atoms with Crippen LogP contribution in [0.5, 0.6) is 5.75 Å². The summed E-state index contributed by atoms with van der Waals surface area (Å²) in [6, 6.07) is 21.5. The van der Waals surface area contributed by atoms with E-state index in [1.54, 1.807) is 55.6 Å². The molecule has 0 saturated heterocycles. The third kappa shape index (κ3) is 4.78. The van der Waals surface area contributed by atoms with Crippen molar-refractivity contribution in [3.63, 3.8) is 0 Å². The monoisotopic (exact) mass is 432 g/mol. The van der Waals surface area contributed by atoms with Gasteiger partial charge < -0.3 is 15.0 Å². The molecular formula is C24H20N2O4S. The van der Waals surface area contributed by atoms with Gasteiger partial charge in [-0.05, 0) is 30.3 Å². The lowest BCUT2D eigenvalue weighted by atomic mass is 10.2. The lowest BCUT2D eigenvalue weighted by Gasteiger charge is -2.26. The summed E-state index contributed by atoms with van der Waals surface area (Å²) in [5.41, 5.74) is 2.40. The van der Waals surface area contributed by atoms with Crippen LogP contribution in [0, 0.1) is 0 Å². The zero-order valence-corrected chi connectivity index (χ0v) is 17.6. The van der Waals surface area contributed by atoms with Crippen LogP contribution in [0.2, 0.25) is 0 Å². The summed E-state index contributed by atoms with van der Waals surface area (Å²) in [5, 5.41) is 2.85. The fourth-order valence-corrected chi connectivity index (χ4v) is 3.99. The highest BCUT2D eigenvalue weighted by Gasteiger charge is 2.22. The zero-order chi connectivity index (χ0) is 21.8. The highest BCUT2D eigenvalue weighted by Crippen LogP contribution is 2.33. The molecule has 1 aliphatic heterocycles.